The summed E-state index contributed by atoms with van der Waals surface area (Å²) >= 11 is 5.82. The summed E-state index contributed by atoms with van der Waals surface area (Å²) in [5, 5.41) is 5.30. The van der Waals surface area contributed by atoms with E-state index in [1.807, 2.05) is 0 Å². The predicted molar refractivity (Wildman–Crippen MR) is 80.1 cm³/mol. The Morgan fingerprint density at radius 2 is 1.57 bits per heavy atom. The standard InChI is InChI=1S/C15H12ClFN2O2/c1-9(20)18-11-3-5-12(6-4-11)19-15(21)13-7-2-10(17)8-14(13)16/h2-8H,1H3,(H,18,20)(H,19,21). The second kappa shape index (κ2) is 6.37. The van der Waals surface area contributed by atoms with E-state index in [0.29, 0.717) is 11.4 Å². The number of carbonyl (C=O) groups excluding carboxylic acids is 2. The summed E-state index contributed by atoms with van der Waals surface area (Å²) in [6.07, 6.45) is 0. The second-order valence-corrected chi connectivity index (χ2v) is 4.74. The molecule has 0 saturated heterocycles. The van der Waals surface area contributed by atoms with Gasteiger partial charge in [0.05, 0.1) is 10.6 Å². The van der Waals surface area contributed by atoms with Crippen LogP contribution in [0.1, 0.15) is 17.3 Å². The zero-order valence-corrected chi connectivity index (χ0v) is 11.9. The molecule has 2 amide bonds. The van der Waals surface area contributed by atoms with E-state index in [9.17, 15) is 14.0 Å². The molecule has 0 fully saturated rings. The molecule has 0 heterocycles. The molecule has 0 aliphatic heterocycles. The number of halogens is 2. The van der Waals surface area contributed by atoms with E-state index in [0.717, 1.165) is 6.07 Å². The number of amides is 2. The van der Waals surface area contributed by atoms with Gasteiger partial charge in [-0.1, -0.05) is 11.6 Å². The third-order valence-corrected chi connectivity index (χ3v) is 2.95. The summed E-state index contributed by atoms with van der Waals surface area (Å²) < 4.78 is 12.9. The molecule has 4 nitrogen and oxygen atoms in total. The van der Waals surface area contributed by atoms with Crippen LogP contribution in [0.4, 0.5) is 15.8 Å². The topological polar surface area (TPSA) is 58.2 Å². The average molecular weight is 307 g/mol. The predicted octanol–water partition coefficient (Wildman–Crippen LogP) is 3.69. The highest BCUT2D eigenvalue weighted by Crippen LogP contribution is 2.20. The lowest BCUT2D eigenvalue weighted by Crippen LogP contribution is -2.12. The van der Waals surface area contributed by atoms with Crippen molar-refractivity contribution in [2.75, 3.05) is 10.6 Å². The molecule has 2 aromatic carbocycles. The van der Waals surface area contributed by atoms with Crippen molar-refractivity contribution in [3.8, 4) is 0 Å². The lowest BCUT2D eigenvalue weighted by Gasteiger charge is -2.08. The van der Waals surface area contributed by atoms with Gasteiger partial charge in [-0.05, 0) is 42.5 Å². The number of hydrogen-bond donors (Lipinski definition) is 2. The van der Waals surface area contributed by atoms with Gasteiger partial charge in [0, 0.05) is 18.3 Å². The fourth-order valence-corrected chi connectivity index (χ4v) is 1.97. The van der Waals surface area contributed by atoms with E-state index in [2.05, 4.69) is 10.6 Å². The van der Waals surface area contributed by atoms with Crippen molar-refractivity contribution in [2.24, 2.45) is 0 Å². The Bertz CT molecular complexity index is 687. The Hall–Kier alpha value is -2.40. The van der Waals surface area contributed by atoms with Gasteiger partial charge >= 0.3 is 0 Å². The molecule has 108 valence electrons. The zero-order valence-electron chi connectivity index (χ0n) is 11.1. The average Bonchev–Trinajstić information content (AvgIpc) is 2.40. The molecule has 0 atom stereocenters. The van der Waals surface area contributed by atoms with Crippen molar-refractivity contribution >= 4 is 34.8 Å². The summed E-state index contributed by atoms with van der Waals surface area (Å²) in [6, 6.07) is 10.2. The number of nitrogens with one attached hydrogen (secondary N) is 2. The maximum Gasteiger partial charge on any atom is 0.257 e. The largest absolute Gasteiger partial charge is 0.326 e. The monoisotopic (exact) mass is 306 g/mol. The van der Waals surface area contributed by atoms with Gasteiger partial charge in [0.15, 0.2) is 0 Å². The van der Waals surface area contributed by atoms with Crippen LogP contribution in [0.3, 0.4) is 0 Å². The van der Waals surface area contributed by atoms with Gasteiger partial charge < -0.3 is 10.6 Å². The molecular weight excluding hydrogens is 295 g/mol. The van der Waals surface area contributed by atoms with Crippen LogP contribution in [0.2, 0.25) is 5.02 Å². The molecule has 2 N–H and O–H groups in total. The van der Waals surface area contributed by atoms with Crippen molar-refractivity contribution in [3.63, 3.8) is 0 Å². The van der Waals surface area contributed by atoms with Crippen LogP contribution >= 0.6 is 11.6 Å². The van der Waals surface area contributed by atoms with Crippen LogP contribution < -0.4 is 10.6 Å². The van der Waals surface area contributed by atoms with Gasteiger partial charge in [0.25, 0.3) is 5.91 Å². The first-order valence-electron chi connectivity index (χ1n) is 6.10. The zero-order chi connectivity index (χ0) is 15.4. The van der Waals surface area contributed by atoms with Gasteiger partial charge in [0.1, 0.15) is 5.82 Å². The molecule has 0 radical (unpaired) electrons. The lowest BCUT2D eigenvalue weighted by molar-refractivity contribution is -0.114. The summed E-state index contributed by atoms with van der Waals surface area (Å²) in [4.78, 5) is 22.9. The molecule has 0 spiro atoms. The second-order valence-electron chi connectivity index (χ2n) is 4.34. The van der Waals surface area contributed by atoms with E-state index in [-0.39, 0.29) is 16.5 Å². The normalized spacial score (nSPS) is 10.0. The molecule has 6 heteroatoms. The van der Waals surface area contributed by atoms with Crippen LogP contribution in [0.15, 0.2) is 42.5 Å². The maximum atomic E-state index is 12.9. The molecule has 0 aliphatic rings. The van der Waals surface area contributed by atoms with Crippen molar-refractivity contribution < 1.29 is 14.0 Å². The molecular formula is C15H12ClFN2O2. The first-order valence-corrected chi connectivity index (χ1v) is 6.47. The van der Waals surface area contributed by atoms with Crippen LogP contribution in [0, 0.1) is 5.82 Å². The van der Waals surface area contributed by atoms with Gasteiger partial charge in [-0.25, -0.2) is 4.39 Å². The van der Waals surface area contributed by atoms with E-state index >= 15 is 0 Å². The number of benzene rings is 2. The Morgan fingerprint density at radius 3 is 2.10 bits per heavy atom. The summed E-state index contributed by atoms with van der Waals surface area (Å²) in [5.74, 6) is -1.12. The molecule has 0 unspecified atom stereocenters. The third-order valence-electron chi connectivity index (χ3n) is 2.64. The molecule has 0 aromatic heterocycles. The molecule has 21 heavy (non-hydrogen) atoms. The first kappa shape index (κ1) is 15.0. The quantitative estimate of drug-likeness (QED) is 0.908. The minimum atomic E-state index is -0.504. The molecule has 0 bridgehead atoms. The highest BCUT2D eigenvalue weighted by molar-refractivity contribution is 6.34. The number of hydrogen-bond acceptors (Lipinski definition) is 2. The number of rotatable bonds is 3. The highest BCUT2D eigenvalue weighted by atomic mass is 35.5. The van der Waals surface area contributed by atoms with Crippen molar-refractivity contribution in [1.82, 2.24) is 0 Å². The SMILES string of the molecule is CC(=O)Nc1ccc(NC(=O)c2ccc(F)cc2Cl)cc1. The summed E-state index contributed by atoms with van der Waals surface area (Å²) in [6.45, 7) is 1.41. The number of anilines is 2. The summed E-state index contributed by atoms with van der Waals surface area (Å²) in [7, 11) is 0. The molecule has 2 aromatic rings. The maximum absolute atomic E-state index is 12.9. The Labute approximate surface area is 125 Å². The third kappa shape index (κ3) is 4.03. The van der Waals surface area contributed by atoms with Crippen LogP contribution in [0.5, 0.6) is 0 Å². The first-order chi connectivity index (χ1) is 9.95. The van der Waals surface area contributed by atoms with Gasteiger partial charge in [0.2, 0.25) is 5.91 Å². The van der Waals surface area contributed by atoms with E-state index in [4.69, 9.17) is 11.6 Å². The fraction of sp³-hybridized carbons (Fsp3) is 0.0667. The molecule has 0 aliphatic carbocycles. The van der Waals surface area contributed by atoms with Crippen molar-refractivity contribution in [2.45, 2.75) is 6.92 Å². The summed E-state index contributed by atoms with van der Waals surface area (Å²) in [5.41, 5.74) is 1.35. The number of carbonyl (C=O) groups is 2. The smallest absolute Gasteiger partial charge is 0.257 e. The van der Waals surface area contributed by atoms with Gasteiger partial charge in [-0.2, -0.15) is 0 Å². The van der Waals surface area contributed by atoms with E-state index in [1.165, 1.54) is 19.1 Å². The minimum absolute atomic E-state index is 0.0439. The van der Waals surface area contributed by atoms with Crippen LogP contribution in [-0.4, -0.2) is 11.8 Å². The van der Waals surface area contributed by atoms with E-state index < -0.39 is 11.7 Å². The lowest BCUT2D eigenvalue weighted by atomic mass is 10.2. The fourth-order valence-electron chi connectivity index (χ4n) is 1.71. The molecule has 2 rings (SSSR count). The van der Waals surface area contributed by atoms with Gasteiger partial charge in [-0.3, -0.25) is 9.59 Å². The van der Waals surface area contributed by atoms with Gasteiger partial charge in [-0.15, -0.1) is 0 Å². The highest BCUT2D eigenvalue weighted by Gasteiger charge is 2.11. The Balaban J connectivity index is 2.10. The van der Waals surface area contributed by atoms with Crippen molar-refractivity contribution in [1.29, 1.82) is 0 Å². The Morgan fingerprint density at radius 1 is 1.00 bits per heavy atom. The van der Waals surface area contributed by atoms with E-state index in [1.54, 1.807) is 24.3 Å². The minimum Gasteiger partial charge on any atom is -0.326 e. The Kier molecular flexibility index (Phi) is 4.55. The van der Waals surface area contributed by atoms with Crippen LogP contribution in [0.25, 0.3) is 0 Å². The van der Waals surface area contributed by atoms with Crippen LogP contribution in [-0.2, 0) is 4.79 Å². The molecule has 0 saturated carbocycles. The van der Waals surface area contributed by atoms with Crippen molar-refractivity contribution in [3.05, 3.63) is 58.9 Å².